The zero-order valence-corrected chi connectivity index (χ0v) is 13.6. The predicted octanol–water partition coefficient (Wildman–Crippen LogP) is 4.29. The SMILES string of the molecule is Cc1cc2nc(-c3ccc(CNC(=O)C(F)(F)F)cc3)oc2cc1C. The third-order valence-corrected chi connectivity index (χ3v) is 3.92. The maximum atomic E-state index is 12.2. The van der Waals surface area contributed by atoms with Crippen molar-refractivity contribution in [2.24, 2.45) is 0 Å². The molecule has 0 fully saturated rings. The van der Waals surface area contributed by atoms with Crippen molar-refractivity contribution >= 4 is 17.0 Å². The van der Waals surface area contributed by atoms with E-state index in [1.54, 1.807) is 24.3 Å². The van der Waals surface area contributed by atoms with Gasteiger partial charge in [0.2, 0.25) is 5.89 Å². The van der Waals surface area contributed by atoms with Crippen LogP contribution in [-0.2, 0) is 11.3 Å². The molecule has 0 radical (unpaired) electrons. The van der Waals surface area contributed by atoms with Crippen LogP contribution in [0.15, 0.2) is 40.8 Å². The quantitative estimate of drug-likeness (QED) is 0.768. The van der Waals surface area contributed by atoms with Crippen LogP contribution in [0.25, 0.3) is 22.6 Å². The lowest BCUT2D eigenvalue weighted by Crippen LogP contribution is -2.36. The van der Waals surface area contributed by atoms with Crippen molar-refractivity contribution in [3.8, 4) is 11.5 Å². The number of nitrogens with zero attached hydrogens (tertiary/aromatic N) is 1. The van der Waals surface area contributed by atoms with E-state index in [2.05, 4.69) is 4.98 Å². The molecule has 1 heterocycles. The average Bonchev–Trinajstić information content (AvgIpc) is 2.95. The molecule has 0 bridgehead atoms. The van der Waals surface area contributed by atoms with E-state index in [0.29, 0.717) is 22.6 Å². The molecule has 0 saturated heterocycles. The number of aryl methyl sites for hydroxylation is 2. The smallest absolute Gasteiger partial charge is 0.436 e. The standard InChI is InChI=1S/C18H15F3N2O2/c1-10-7-14-15(8-11(10)2)25-16(23-14)13-5-3-12(4-6-13)9-22-17(24)18(19,20)21/h3-8H,9H2,1-2H3,(H,22,24). The Balaban J connectivity index is 1.77. The lowest BCUT2D eigenvalue weighted by Gasteiger charge is -2.08. The molecule has 1 aromatic heterocycles. The second-order valence-corrected chi connectivity index (χ2v) is 5.80. The van der Waals surface area contributed by atoms with E-state index in [1.165, 1.54) is 0 Å². The summed E-state index contributed by atoms with van der Waals surface area (Å²) in [4.78, 5) is 15.3. The number of alkyl halides is 3. The molecule has 7 heteroatoms. The van der Waals surface area contributed by atoms with Crippen LogP contribution in [0.4, 0.5) is 13.2 Å². The molecule has 0 aliphatic heterocycles. The molecule has 25 heavy (non-hydrogen) atoms. The zero-order chi connectivity index (χ0) is 18.2. The fraction of sp³-hybridized carbons (Fsp3) is 0.222. The maximum Gasteiger partial charge on any atom is 0.471 e. The number of nitrogens with one attached hydrogen (secondary N) is 1. The van der Waals surface area contributed by atoms with Gasteiger partial charge in [0.25, 0.3) is 0 Å². The first-order valence-electron chi connectivity index (χ1n) is 7.56. The van der Waals surface area contributed by atoms with Crippen LogP contribution in [0.1, 0.15) is 16.7 Å². The molecule has 0 aliphatic carbocycles. The third-order valence-electron chi connectivity index (χ3n) is 3.92. The summed E-state index contributed by atoms with van der Waals surface area (Å²) >= 11 is 0. The van der Waals surface area contributed by atoms with Gasteiger partial charge in [-0.15, -0.1) is 0 Å². The number of halogens is 3. The molecule has 0 atom stereocenters. The molecule has 1 N–H and O–H groups in total. The van der Waals surface area contributed by atoms with Gasteiger partial charge in [-0.2, -0.15) is 13.2 Å². The third kappa shape index (κ3) is 3.65. The molecule has 0 spiro atoms. The molecular formula is C18H15F3N2O2. The second kappa shape index (κ2) is 6.23. The number of carbonyl (C=O) groups is 1. The van der Waals surface area contributed by atoms with Crippen molar-refractivity contribution in [1.29, 1.82) is 0 Å². The summed E-state index contributed by atoms with van der Waals surface area (Å²) in [6.45, 7) is 3.78. The van der Waals surface area contributed by atoms with Gasteiger partial charge in [-0.25, -0.2) is 4.98 Å². The highest BCUT2D eigenvalue weighted by Crippen LogP contribution is 2.26. The normalized spacial score (nSPS) is 11.7. The molecule has 4 nitrogen and oxygen atoms in total. The summed E-state index contributed by atoms with van der Waals surface area (Å²) in [7, 11) is 0. The summed E-state index contributed by atoms with van der Waals surface area (Å²) < 4.78 is 42.2. The van der Waals surface area contributed by atoms with Gasteiger partial charge >= 0.3 is 12.1 Å². The van der Waals surface area contributed by atoms with Crippen LogP contribution < -0.4 is 5.32 Å². The monoisotopic (exact) mass is 348 g/mol. The molecule has 0 saturated carbocycles. The minimum absolute atomic E-state index is 0.204. The van der Waals surface area contributed by atoms with Crippen molar-refractivity contribution in [2.45, 2.75) is 26.6 Å². The summed E-state index contributed by atoms with van der Waals surface area (Å²) in [5.41, 5.74) is 4.90. The van der Waals surface area contributed by atoms with Crippen molar-refractivity contribution in [3.05, 3.63) is 53.1 Å². The number of benzene rings is 2. The molecular weight excluding hydrogens is 333 g/mol. The van der Waals surface area contributed by atoms with Crippen molar-refractivity contribution in [2.75, 3.05) is 0 Å². The lowest BCUT2D eigenvalue weighted by molar-refractivity contribution is -0.173. The number of oxazole rings is 1. The highest BCUT2D eigenvalue weighted by atomic mass is 19.4. The molecule has 130 valence electrons. The summed E-state index contributed by atoms with van der Waals surface area (Å²) in [5.74, 6) is -1.52. The number of carbonyl (C=O) groups excluding carboxylic acids is 1. The highest BCUT2D eigenvalue weighted by molar-refractivity contribution is 5.81. The topological polar surface area (TPSA) is 55.1 Å². The Morgan fingerprint density at radius 3 is 2.40 bits per heavy atom. The first-order valence-corrected chi connectivity index (χ1v) is 7.56. The van der Waals surface area contributed by atoms with Crippen LogP contribution >= 0.6 is 0 Å². The summed E-state index contributed by atoms with van der Waals surface area (Å²) in [6, 6.07) is 10.5. The van der Waals surface area contributed by atoms with Gasteiger partial charge < -0.3 is 9.73 Å². The van der Waals surface area contributed by atoms with Crippen molar-refractivity contribution < 1.29 is 22.4 Å². The van der Waals surface area contributed by atoms with Crippen LogP contribution in [0.3, 0.4) is 0 Å². The van der Waals surface area contributed by atoms with E-state index in [9.17, 15) is 18.0 Å². The van der Waals surface area contributed by atoms with Gasteiger partial charge in [0.1, 0.15) is 5.52 Å². The summed E-state index contributed by atoms with van der Waals surface area (Å²) in [6.07, 6.45) is -4.88. The van der Waals surface area contributed by atoms with E-state index < -0.39 is 12.1 Å². The molecule has 3 aromatic rings. The number of rotatable bonds is 3. The van der Waals surface area contributed by atoms with Crippen LogP contribution in [0.5, 0.6) is 0 Å². The fourth-order valence-corrected chi connectivity index (χ4v) is 2.35. The Labute approximate surface area is 141 Å². The first-order chi connectivity index (χ1) is 11.7. The van der Waals surface area contributed by atoms with Gasteiger partial charge in [-0.3, -0.25) is 4.79 Å². The fourth-order valence-electron chi connectivity index (χ4n) is 2.35. The molecule has 0 aliphatic rings. The number of amides is 1. The van der Waals surface area contributed by atoms with Gasteiger partial charge in [0, 0.05) is 12.1 Å². The van der Waals surface area contributed by atoms with Gasteiger partial charge in [0.05, 0.1) is 0 Å². The largest absolute Gasteiger partial charge is 0.471 e. The highest BCUT2D eigenvalue weighted by Gasteiger charge is 2.38. The number of aromatic nitrogens is 1. The predicted molar refractivity (Wildman–Crippen MR) is 86.8 cm³/mol. The Morgan fingerprint density at radius 1 is 1.12 bits per heavy atom. The molecule has 2 aromatic carbocycles. The van der Waals surface area contributed by atoms with Gasteiger partial charge in [-0.05, 0) is 54.8 Å². The van der Waals surface area contributed by atoms with Crippen LogP contribution in [-0.4, -0.2) is 17.1 Å². The van der Waals surface area contributed by atoms with Gasteiger partial charge in [0.15, 0.2) is 5.58 Å². The molecule has 0 unspecified atom stereocenters. The second-order valence-electron chi connectivity index (χ2n) is 5.80. The van der Waals surface area contributed by atoms with Crippen LogP contribution in [0.2, 0.25) is 0 Å². The van der Waals surface area contributed by atoms with E-state index in [0.717, 1.165) is 16.6 Å². The molecule has 3 rings (SSSR count). The summed E-state index contributed by atoms with van der Waals surface area (Å²) in [5, 5.41) is 1.83. The van der Waals surface area contributed by atoms with Crippen LogP contribution in [0, 0.1) is 13.8 Å². The van der Waals surface area contributed by atoms with Crippen molar-refractivity contribution in [1.82, 2.24) is 10.3 Å². The van der Waals surface area contributed by atoms with E-state index in [4.69, 9.17) is 4.42 Å². The number of fused-ring (bicyclic) bond motifs is 1. The van der Waals surface area contributed by atoms with Crippen molar-refractivity contribution in [3.63, 3.8) is 0 Å². The minimum atomic E-state index is -4.88. The Kier molecular flexibility index (Phi) is 4.24. The number of hydrogen-bond acceptors (Lipinski definition) is 3. The Bertz CT molecular complexity index is 889. The van der Waals surface area contributed by atoms with E-state index >= 15 is 0 Å². The Hall–Kier alpha value is -2.83. The number of hydrogen-bond donors (Lipinski definition) is 1. The Morgan fingerprint density at radius 2 is 1.76 bits per heavy atom. The maximum absolute atomic E-state index is 12.2. The molecule has 1 amide bonds. The van der Waals surface area contributed by atoms with Gasteiger partial charge in [-0.1, -0.05) is 12.1 Å². The first kappa shape index (κ1) is 17.0. The zero-order valence-electron chi connectivity index (χ0n) is 13.6. The minimum Gasteiger partial charge on any atom is -0.436 e. The van der Waals surface area contributed by atoms with E-state index in [1.807, 2.05) is 31.3 Å². The average molecular weight is 348 g/mol. The van der Waals surface area contributed by atoms with E-state index in [-0.39, 0.29) is 6.54 Å². The lowest BCUT2D eigenvalue weighted by atomic mass is 10.1.